The summed E-state index contributed by atoms with van der Waals surface area (Å²) in [6.07, 6.45) is 3.35. The summed E-state index contributed by atoms with van der Waals surface area (Å²) >= 11 is 0. The van der Waals surface area contributed by atoms with Crippen LogP contribution in [0.4, 0.5) is 0 Å². The summed E-state index contributed by atoms with van der Waals surface area (Å²) < 4.78 is 0. The number of carboxylic acid groups (broad SMARTS) is 1. The van der Waals surface area contributed by atoms with Gasteiger partial charge in [0.2, 0.25) is 5.91 Å². The van der Waals surface area contributed by atoms with Crippen LogP contribution in [0.25, 0.3) is 10.8 Å². The number of carbonyl (C=O) groups excluding carboxylic acids is 1. The number of carbonyl (C=O) groups is 2. The van der Waals surface area contributed by atoms with Gasteiger partial charge in [-0.1, -0.05) is 42.5 Å². The van der Waals surface area contributed by atoms with E-state index < -0.39 is 12.0 Å². The van der Waals surface area contributed by atoms with E-state index in [4.69, 9.17) is 0 Å². The molecule has 0 spiro atoms. The van der Waals surface area contributed by atoms with Crippen LogP contribution in [0.5, 0.6) is 0 Å². The SMILES string of the molecule is O=C(O)[C@H]1CCCCN1C(=O)CCc1ccc2ccccc2c1. The van der Waals surface area contributed by atoms with Crippen molar-refractivity contribution in [3.8, 4) is 0 Å². The summed E-state index contributed by atoms with van der Waals surface area (Å²) in [4.78, 5) is 25.3. The van der Waals surface area contributed by atoms with Gasteiger partial charge < -0.3 is 10.0 Å². The van der Waals surface area contributed by atoms with Crippen molar-refractivity contribution < 1.29 is 14.7 Å². The third kappa shape index (κ3) is 3.52. The molecule has 1 amide bonds. The van der Waals surface area contributed by atoms with Crippen molar-refractivity contribution in [1.82, 2.24) is 4.90 Å². The number of fused-ring (bicyclic) bond motifs is 1. The highest BCUT2D eigenvalue weighted by atomic mass is 16.4. The molecule has 1 aliphatic heterocycles. The standard InChI is InChI=1S/C19H21NO3/c21-18(20-12-4-3-7-17(20)19(22)23)11-9-14-8-10-15-5-1-2-6-16(15)13-14/h1-2,5-6,8,10,13,17H,3-4,7,9,11-12H2,(H,22,23)/t17-/m1/s1. The molecule has 1 N–H and O–H groups in total. The lowest BCUT2D eigenvalue weighted by atomic mass is 10.00. The van der Waals surface area contributed by atoms with E-state index in [0.29, 0.717) is 25.8 Å². The van der Waals surface area contributed by atoms with Crippen molar-refractivity contribution in [2.75, 3.05) is 6.54 Å². The number of piperidine rings is 1. The molecule has 4 nitrogen and oxygen atoms in total. The Balaban J connectivity index is 1.66. The summed E-state index contributed by atoms with van der Waals surface area (Å²) in [6, 6.07) is 13.7. The first-order valence-corrected chi connectivity index (χ1v) is 8.15. The second-order valence-corrected chi connectivity index (χ2v) is 6.12. The van der Waals surface area contributed by atoms with Crippen LogP contribution in [-0.2, 0) is 16.0 Å². The Morgan fingerprint density at radius 2 is 1.87 bits per heavy atom. The number of hydrogen-bond donors (Lipinski definition) is 1. The third-order valence-electron chi connectivity index (χ3n) is 4.55. The third-order valence-corrected chi connectivity index (χ3v) is 4.55. The van der Waals surface area contributed by atoms with E-state index in [1.54, 1.807) is 4.90 Å². The van der Waals surface area contributed by atoms with Crippen LogP contribution in [0.15, 0.2) is 42.5 Å². The summed E-state index contributed by atoms with van der Waals surface area (Å²) in [6.45, 7) is 0.563. The van der Waals surface area contributed by atoms with Gasteiger partial charge in [0, 0.05) is 13.0 Å². The molecule has 0 aliphatic carbocycles. The van der Waals surface area contributed by atoms with Gasteiger partial charge in [-0.15, -0.1) is 0 Å². The molecule has 2 aromatic carbocycles. The molecular weight excluding hydrogens is 290 g/mol. The number of likely N-dealkylation sites (tertiary alicyclic amines) is 1. The number of rotatable bonds is 4. The van der Waals surface area contributed by atoms with E-state index >= 15 is 0 Å². The first-order chi connectivity index (χ1) is 11.1. The highest BCUT2D eigenvalue weighted by Crippen LogP contribution is 2.20. The zero-order chi connectivity index (χ0) is 16.2. The molecule has 0 radical (unpaired) electrons. The van der Waals surface area contributed by atoms with Crippen LogP contribution in [0, 0.1) is 0 Å². The number of aryl methyl sites for hydroxylation is 1. The predicted octanol–water partition coefficient (Wildman–Crippen LogP) is 3.24. The van der Waals surface area contributed by atoms with Crippen LogP contribution in [-0.4, -0.2) is 34.5 Å². The van der Waals surface area contributed by atoms with Crippen LogP contribution < -0.4 is 0 Å². The van der Waals surface area contributed by atoms with Crippen LogP contribution in [0.2, 0.25) is 0 Å². The molecule has 1 atom stereocenters. The van der Waals surface area contributed by atoms with Crippen molar-refractivity contribution in [2.24, 2.45) is 0 Å². The van der Waals surface area contributed by atoms with Gasteiger partial charge in [-0.3, -0.25) is 4.79 Å². The Bertz CT molecular complexity index is 725. The number of benzene rings is 2. The number of hydrogen-bond acceptors (Lipinski definition) is 2. The Hall–Kier alpha value is -2.36. The van der Waals surface area contributed by atoms with Crippen molar-refractivity contribution in [2.45, 2.75) is 38.1 Å². The summed E-state index contributed by atoms with van der Waals surface area (Å²) in [5.41, 5.74) is 1.11. The zero-order valence-corrected chi connectivity index (χ0v) is 13.1. The Morgan fingerprint density at radius 3 is 2.65 bits per heavy atom. The monoisotopic (exact) mass is 311 g/mol. The lowest BCUT2D eigenvalue weighted by molar-refractivity contribution is -0.152. The molecule has 4 heteroatoms. The zero-order valence-electron chi connectivity index (χ0n) is 13.1. The van der Waals surface area contributed by atoms with Gasteiger partial charge >= 0.3 is 5.97 Å². The van der Waals surface area contributed by atoms with Gasteiger partial charge in [-0.05, 0) is 42.0 Å². The fourth-order valence-corrected chi connectivity index (χ4v) is 3.28. The lowest BCUT2D eigenvalue weighted by Crippen LogP contribution is -2.48. The molecule has 1 fully saturated rings. The Morgan fingerprint density at radius 1 is 1.09 bits per heavy atom. The van der Waals surface area contributed by atoms with E-state index in [0.717, 1.165) is 18.4 Å². The highest BCUT2D eigenvalue weighted by molar-refractivity contribution is 5.85. The molecule has 3 rings (SSSR count). The average Bonchev–Trinajstić information content (AvgIpc) is 2.59. The average molecular weight is 311 g/mol. The Kier molecular flexibility index (Phi) is 4.60. The highest BCUT2D eigenvalue weighted by Gasteiger charge is 2.31. The topological polar surface area (TPSA) is 57.6 Å². The number of nitrogens with zero attached hydrogens (tertiary/aromatic N) is 1. The van der Waals surface area contributed by atoms with Gasteiger partial charge in [0.25, 0.3) is 0 Å². The second-order valence-electron chi connectivity index (χ2n) is 6.12. The number of amides is 1. The first kappa shape index (κ1) is 15.5. The fraction of sp³-hybridized carbons (Fsp3) is 0.368. The van der Waals surface area contributed by atoms with Gasteiger partial charge in [0.1, 0.15) is 6.04 Å². The van der Waals surface area contributed by atoms with Gasteiger partial charge in [-0.25, -0.2) is 4.79 Å². The molecule has 1 aliphatic rings. The van der Waals surface area contributed by atoms with E-state index in [1.807, 2.05) is 18.2 Å². The fourth-order valence-electron chi connectivity index (χ4n) is 3.28. The van der Waals surface area contributed by atoms with Gasteiger partial charge in [-0.2, -0.15) is 0 Å². The number of aliphatic carboxylic acids is 1. The molecule has 1 saturated heterocycles. The van der Waals surface area contributed by atoms with Gasteiger partial charge in [0.05, 0.1) is 0 Å². The maximum Gasteiger partial charge on any atom is 0.326 e. The summed E-state index contributed by atoms with van der Waals surface area (Å²) in [5.74, 6) is -0.936. The minimum Gasteiger partial charge on any atom is -0.480 e. The van der Waals surface area contributed by atoms with Crippen LogP contribution >= 0.6 is 0 Å². The molecule has 0 bridgehead atoms. The Labute approximate surface area is 135 Å². The molecule has 0 aromatic heterocycles. The lowest BCUT2D eigenvalue weighted by Gasteiger charge is -2.33. The molecule has 23 heavy (non-hydrogen) atoms. The maximum absolute atomic E-state index is 12.4. The van der Waals surface area contributed by atoms with E-state index in [-0.39, 0.29) is 5.91 Å². The molecule has 120 valence electrons. The predicted molar refractivity (Wildman–Crippen MR) is 89.3 cm³/mol. The maximum atomic E-state index is 12.4. The van der Waals surface area contributed by atoms with Gasteiger partial charge in [0.15, 0.2) is 0 Å². The molecule has 0 saturated carbocycles. The minimum absolute atomic E-state index is 0.0507. The van der Waals surface area contributed by atoms with Crippen molar-refractivity contribution in [1.29, 1.82) is 0 Å². The second kappa shape index (κ2) is 6.82. The summed E-state index contributed by atoms with van der Waals surface area (Å²) in [5, 5.41) is 11.6. The smallest absolute Gasteiger partial charge is 0.326 e. The van der Waals surface area contributed by atoms with E-state index in [2.05, 4.69) is 24.3 Å². The molecule has 0 unspecified atom stereocenters. The van der Waals surface area contributed by atoms with Crippen molar-refractivity contribution in [3.05, 3.63) is 48.0 Å². The quantitative estimate of drug-likeness (QED) is 0.943. The van der Waals surface area contributed by atoms with Crippen molar-refractivity contribution in [3.63, 3.8) is 0 Å². The summed E-state index contributed by atoms with van der Waals surface area (Å²) in [7, 11) is 0. The van der Waals surface area contributed by atoms with Crippen molar-refractivity contribution >= 4 is 22.6 Å². The van der Waals surface area contributed by atoms with Crippen LogP contribution in [0.1, 0.15) is 31.2 Å². The molecular formula is C19H21NO3. The largest absolute Gasteiger partial charge is 0.480 e. The number of carboxylic acids is 1. The molecule has 1 heterocycles. The van der Waals surface area contributed by atoms with E-state index in [9.17, 15) is 14.7 Å². The van der Waals surface area contributed by atoms with E-state index in [1.165, 1.54) is 10.8 Å². The molecule has 2 aromatic rings. The normalized spacial score (nSPS) is 18.1. The van der Waals surface area contributed by atoms with Crippen LogP contribution in [0.3, 0.4) is 0 Å². The minimum atomic E-state index is -0.885. The first-order valence-electron chi connectivity index (χ1n) is 8.15.